The SMILES string of the molecule is CCC(=O)/C(F)=C(\CC)O[Si](C)(C)C. The second-order valence-electron chi connectivity index (χ2n) is 4.08. The van der Waals surface area contributed by atoms with E-state index in [0.29, 0.717) is 6.42 Å². The van der Waals surface area contributed by atoms with Gasteiger partial charge in [0.05, 0.1) is 0 Å². The van der Waals surface area contributed by atoms with Crippen LogP contribution in [0.2, 0.25) is 19.6 Å². The largest absolute Gasteiger partial charge is 0.545 e. The van der Waals surface area contributed by atoms with E-state index in [1.165, 1.54) is 0 Å². The second kappa shape index (κ2) is 5.29. The van der Waals surface area contributed by atoms with Crippen LogP contribution in [0.4, 0.5) is 4.39 Å². The van der Waals surface area contributed by atoms with Gasteiger partial charge in [0.25, 0.3) is 0 Å². The van der Waals surface area contributed by atoms with E-state index >= 15 is 0 Å². The molecule has 0 aromatic rings. The highest BCUT2D eigenvalue weighted by molar-refractivity contribution is 6.70. The third kappa shape index (κ3) is 4.55. The highest BCUT2D eigenvalue weighted by atomic mass is 28.4. The van der Waals surface area contributed by atoms with Gasteiger partial charge in [-0.15, -0.1) is 0 Å². The van der Waals surface area contributed by atoms with Crippen LogP contribution < -0.4 is 0 Å². The molecule has 0 N–H and O–H groups in total. The van der Waals surface area contributed by atoms with Crippen LogP contribution in [0.3, 0.4) is 0 Å². The molecule has 0 aliphatic carbocycles. The third-order valence-electron chi connectivity index (χ3n) is 1.56. The van der Waals surface area contributed by atoms with Crippen LogP contribution >= 0.6 is 0 Å². The quantitative estimate of drug-likeness (QED) is 0.401. The molecule has 82 valence electrons. The van der Waals surface area contributed by atoms with Gasteiger partial charge in [-0.05, 0) is 19.6 Å². The molecule has 0 aliphatic rings. The molecule has 0 spiro atoms. The minimum atomic E-state index is -1.81. The lowest BCUT2D eigenvalue weighted by Crippen LogP contribution is -2.25. The highest BCUT2D eigenvalue weighted by Gasteiger charge is 2.21. The number of allylic oxidation sites excluding steroid dienone is 2. The minimum absolute atomic E-state index is 0.185. The van der Waals surface area contributed by atoms with E-state index in [0.717, 1.165) is 0 Å². The number of carbonyl (C=O) groups is 1. The van der Waals surface area contributed by atoms with Gasteiger partial charge in [-0.25, -0.2) is 0 Å². The normalized spacial score (nSPS) is 13.6. The van der Waals surface area contributed by atoms with Crippen molar-refractivity contribution >= 4 is 14.1 Å². The summed E-state index contributed by atoms with van der Waals surface area (Å²) < 4.78 is 18.9. The van der Waals surface area contributed by atoms with Gasteiger partial charge in [-0.2, -0.15) is 4.39 Å². The van der Waals surface area contributed by atoms with E-state index in [2.05, 4.69) is 0 Å². The number of ketones is 1. The summed E-state index contributed by atoms with van der Waals surface area (Å²) in [5.41, 5.74) is 0. The Morgan fingerprint density at radius 1 is 1.21 bits per heavy atom. The number of hydrogen-bond donors (Lipinski definition) is 0. The predicted octanol–water partition coefficient (Wildman–Crippen LogP) is 3.41. The van der Waals surface area contributed by atoms with Gasteiger partial charge in [0.2, 0.25) is 14.1 Å². The van der Waals surface area contributed by atoms with E-state index in [-0.39, 0.29) is 12.2 Å². The van der Waals surface area contributed by atoms with Gasteiger partial charge in [0, 0.05) is 12.8 Å². The first-order valence-corrected chi connectivity index (χ1v) is 8.33. The molecule has 0 saturated carbocycles. The fraction of sp³-hybridized carbons (Fsp3) is 0.700. The van der Waals surface area contributed by atoms with Crippen LogP contribution in [-0.4, -0.2) is 14.1 Å². The number of carbonyl (C=O) groups excluding carboxylic acids is 1. The fourth-order valence-corrected chi connectivity index (χ4v) is 1.93. The minimum Gasteiger partial charge on any atom is -0.545 e. The van der Waals surface area contributed by atoms with Crippen LogP contribution in [-0.2, 0) is 9.22 Å². The van der Waals surface area contributed by atoms with E-state index < -0.39 is 19.9 Å². The number of rotatable bonds is 5. The second-order valence-corrected chi connectivity index (χ2v) is 8.51. The van der Waals surface area contributed by atoms with Crippen LogP contribution in [0.1, 0.15) is 26.7 Å². The topological polar surface area (TPSA) is 26.3 Å². The first-order chi connectivity index (χ1) is 6.31. The Morgan fingerprint density at radius 3 is 2.00 bits per heavy atom. The van der Waals surface area contributed by atoms with Crippen LogP contribution in [0, 0.1) is 0 Å². The van der Waals surface area contributed by atoms with E-state index in [9.17, 15) is 9.18 Å². The predicted molar refractivity (Wildman–Crippen MR) is 58.2 cm³/mol. The Kier molecular flexibility index (Phi) is 5.05. The zero-order valence-electron chi connectivity index (χ0n) is 9.61. The summed E-state index contributed by atoms with van der Waals surface area (Å²) in [5.74, 6) is -0.950. The Hall–Kier alpha value is -0.643. The number of Topliss-reactive ketones (excluding diaryl/α,β-unsaturated/α-hetero) is 1. The summed E-state index contributed by atoms with van der Waals surface area (Å²) in [6.07, 6.45) is 0.617. The molecule has 0 radical (unpaired) electrons. The number of halogens is 1. The molecule has 0 aliphatic heterocycles. The zero-order valence-corrected chi connectivity index (χ0v) is 10.6. The maximum absolute atomic E-state index is 13.4. The van der Waals surface area contributed by atoms with Crippen molar-refractivity contribution in [2.75, 3.05) is 0 Å². The number of hydrogen-bond acceptors (Lipinski definition) is 2. The summed E-state index contributed by atoms with van der Waals surface area (Å²) in [7, 11) is -1.81. The van der Waals surface area contributed by atoms with Crippen LogP contribution in [0.15, 0.2) is 11.6 Å². The first kappa shape index (κ1) is 13.4. The molecule has 2 nitrogen and oxygen atoms in total. The molecule has 0 amide bonds. The Balaban J connectivity index is 4.77. The van der Waals surface area contributed by atoms with Gasteiger partial charge in [0.1, 0.15) is 5.76 Å². The van der Waals surface area contributed by atoms with Crippen molar-refractivity contribution in [3.05, 3.63) is 11.6 Å². The van der Waals surface area contributed by atoms with Crippen molar-refractivity contribution < 1.29 is 13.6 Å². The maximum atomic E-state index is 13.4. The standard InChI is InChI=1S/C10H19FO2Si/c1-6-8(12)10(11)9(7-2)13-14(3,4)5/h6-7H2,1-5H3/b10-9-. The fourth-order valence-electron chi connectivity index (χ4n) is 0.952. The maximum Gasteiger partial charge on any atom is 0.241 e. The van der Waals surface area contributed by atoms with E-state index in [1.807, 2.05) is 19.6 Å². The molecule has 0 bridgehead atoms. The Labute approximate surface area is 86.3 Å². The van der Waals surface area contributed by atoms with Gasteiger partial charge < -0.3 is 4.43 Å². The Bertz CT molecular complexity index is 241. The molecule has 0 rings (SSSR count). The molecule has 14 heavy (non-hydrogen) atoms. The highest BCUT2D eigenvalue weighted by Crippen LogP contribution is 2.19. The van der Waals surface area contributed by atoms with Crippen LogP contribution in [0.5, 0.6) is 0 Å². The summed E-state index contributed by atoms with van der Waals surface area (Å²) in [5, 5.41) is 0. The van der Waals surface area contributed by atoms with Crippen molar-refractivity contribution in [3.8, 4) is 0 Å². The molecule has 0 fully saturated rings. The van der Waals surface area contributed by atoms with Gasteiger partial charge in [-0.1, -0.05) is 13.8 Å². The smallest absolute Gasteiger partial charge is 0.241 e. The molecule has 0 aromatic carbocycles. The zero-order chi connectivity index (χ0) is 11.4. The van der Waals surface area contributed by atoms with Gasteiger partial charge in [-0.3, -0.25) is 4.79 Å². The lowest BCUT2D eigenvalue weighted by atomic mass is 10.2. The van der Waals surface area contributed by atoms with Crippen molar-refractivity contribution in [2.24, 2.45) is 0 Å². The monoisotopic (exact) mass is 218 g/mol. The van der Waals surface area contributed by atoms with Crippen LogP contribution in [0.25, 0.3) is 0 Å². The molecule has 4 heteroatoms. The molecule has 0 saturated heterocycles. The first-order valence-electron chi connectivity index (χ1n) is 4.92. The van der Waals surface area contributed by atoms with E-state index in [4.69, 9.17) is 4.43 Å². The molecule has 0 atom stereocenters. The summed E-state index contributed by atoms with van der Waals surface area (Å²) in [4.78, 5) is 11.1. The Morgan fingerprint density at radius 2 is 1.71 bits per heavy atom. The van der Waals surface area contributed by atoms with Gasteiger partial charge >= 0.3 is 0 Å². The lowest BCUT2D eigenvalue weighted by molar-refractivity contribution is -0.116. The van der Waals surface area contributed by atoms with Crippen molar-refractivity contribution in [2.45, 2.75) is 46.3 Å². The van der Waals surface area contributed by atoms with Gasteiger partial charge in [0.15, 0.2) is 5.78 Å². The third-order valence-corrected chi connectivity index (χ3v) is 2.42. The van der Waals surface area contributed by atoms with Crippen molar-refractivity contribution in [3.63, 3.8) is 0 Å². The molecule has 0 heterocycles. The summed E-state index contributed by atoms with van der Waals surface area (Å²) >= 11 is 0. The average molecular weight is 218 g/mol. The van der Waals surface area contributed by atoms with Crippen molar-refractivity contribution in [1.29, 1.82) is 0 Å². The summed E-state index contributed by atoms with van der Waals surface area (Å²) in [6.45, 7) is 9.33. The molecule has 0 unspecified atom stereocenters. The lowest BCUT2D eigenvalue weighted by Gasteiger charge is -2.21. The molecular weight excluding hydrogens is 199 g/mol. The molecular formula is C10H19FO2Si. The molecule has 0 aromatic heterocycles. The average Bonchev–Trinajstić information content (AvgIpc) is 2.10. The van der Waals surface area contributed by atoms with Crippen molar-refractivity contribution in [1.82, 2.24) is 0 Å². The summed E-state index contributed by atoms with van der Waals surface area (Å²) in [6, 6.07) is 0. The van der Waals surface area contributed by atoms with E-state index in [1.54, 1.807) is 13.8 Å².